The van der Waals surface area contributed by atoms with Crippen molar-refractivity contribution in [1.29, 1.82) is 0 Å². The number of aliphatic hydroxyl groups excluding tert-OH is 2. The van der Waals surface area contributed by atoms with Crippen LogP contribution in [-0.4, -0.2) is 37.8 Å². The van der Waals surface area contributed by atoms with Crippen molar-refractivity contribution in [1.82, 2.24) is 0 Å². The second-order valence-electron chi connectivity index (χ2n) is 8.97. The second kappa shape index (κ2) is 8.70. The van der Waals surface area contributed by atoms with E-state index in [1.54, 1.807) is 0 Å². The standard InChI is InChI=1S/C23H34O3Si/c1-22(2,3)27(19-12-8-6-9-13-19,20-14-10-7-11-15-20)26-18-23(4,5)21(25)16-17-24/h6-15,21,24-25H,16-18H2,1-5H3/t21-/m0/s1. The average molecular weight is 387 g/mol. The molecule has 0 unspecified atom stereocenters. The van der Waals surface area contributed by atoms with Crippen LogP contribution >= 0.6 is 0 Å². The molecule has 0 aromatic heterocycles. The smallest absolute Gasteiger partial charge is 0.261 e. The largest absolute Gasteiger partial charge is 0.407 e. The first-order valence-corrected chi connectivity index (χ1v) is 11.6. The Morgan fingerprint density at radius 3 is 1.67 bits per heavy atom. The Kier molecular flexibility index (Phi) is 7.03. The average Bonchev–Trinajstić information content (AvgIpc) is 2.63. The maximum absolute atomic E-state index is 10.5. The van der Waals surface area contributed by atoms with Crippen molar-refractivity contribution < 1.29 is 14.6 Å². The van der Waals surface area contributed by atoms with E-state index in [0.717, 1.165) is 0 Å². The van der Waals surface area contributed by atoms with Gasteiger partial charge in [-0.15, -0.1) is 0 Å². The quantitative estimate of drug-likeness (QED) is 0.684. The van der Waals surface area contributed by atoms with Gasteiger partial charge >= 0.3 is 0 Å². The second-order valence-corrected chi connectivity index (χ2v) is 13.3. The fourth-order valence-corrected chi connectivity index (χ4v) is 8.41. The van der Waals surface area contributed by atoms with Crippen LogP contribution in [0.4, 0.5) is 0 Å². The third-order valence-electron chi connectivity index (χ3n) is 5.38. The summed E-state index contributed by atoms with van der Waals surface area (Å²) >= 11 is 0. The molecule has 0 bridgehead atoms. The molecule has 0 saturated carbocycles. The number of hydrogen-bond acceptors (Lipinski definition) is 3. The fraction of sp³-hybridized carbons (Fsp3) is 0.478. The van der Waals surface area contributed by atoms with Gasteiger partial charge in [0, 0.05) is 18.6 Å². The lowest BCUT2D eigenvalue weighted by molar-refractivity contribution is -0.00176. The molecule has 2 N–H and O–H groups in total. The van der Waals surface area contributed by atoms with Gasteiger partial charge in [0.2, 0.25) is 0 Å². The summed E-state index contributed by atoms with van der Waals surface area (Å²) in [7, 11) is -2.60. The molecule has 148 valence electrons. The molecule has 0 aliphatic heterocycles. The topological polar surface area (TPSA) is 49.7 Å². The van der Waals surface area contributed by atoms with Gasteiger partial charge in [0.15, 0.2) is 0 Å². The van der Waals surface area contributed by atoms with Crippen LogP contribution in [0.3, 0.4) is 0 Å². The number of aliphatic hydroxyl groups is 2. The minimum atomic E-state index is -2.60. The Labute approximate surface area is 165 Å². The summed E-state index contributed by atoms with van der Waals surface area (Å²) in [5.74, 6) is 0. The summed E-state index contributed by atoms with van der Waals surface area (Å²) in [6.07, 6.45) is -0.252. The third kappa shape index (κ3) is 4.69. The monoisotopic (exact) mass is 386 g/mol. The zero-order valence-electron chi connectivity index (χ0n) is 17.3. The SMILES string of the molecule is CC(C)(CO[Si](c1ccccc1)(c1ccccc1)C(C)(C)C)[C@@H](O)CCO. The summed E-state index contributed by atoms with van der Waals surface area (Å²) in [5.41, 5.74) is -0.449. The van der Waals surface area contributed by atoms with Gasteiger partial charge in [0.1, 0.15) is 0 Å². The fourth-order valence-electron chi connectivity index (χ4n) is 3.67. The van der Waals surface area contributed by atoms with Gasteiger partial charge in [-0.05, 0) is 21.8 Å². The van der Waals surface area contributed by atoms with E-state index in [-0.39, 0.29) is 11.6 Å². The molecular weight excluding hydrogens is 352 g/mol. The van der Waals surface area contributed by atoms with Gasteiger partial charge in [-0.2, -0.15) is 0 Å². The normalized spacial score (nSPS) is 14.2. The summed E-state index contributed by atoms with van der Waals surface area (Å²) in [4.78, 5) is 0. The summed E-state index contributed by atoms with van der Waals surface area (Å²) in [5, 5.41) is 22.1. The molecule has 2 aromatic rings. The van der Waals surface area contributed by atoms with Crippen molar-refractivity contribution in [2.24, 2.45) is 5.41 Å². The molecule has 0 fully saturated rings. The van der Waals surface area contributed by atoms with Crippen LogP contribution in [0.1, 0.15) is 41.0 Å². The summed E-state index contributed by atoms with van der Waals surface area (Å²) in [6, 6.07) is 21.0. The predicted octanol–water partition coefficient (Wildman–Crippen LogP) is 3.33. The minimum absolute atomic E-state index is 0.0240. The first-order valence-electron chi connectivity index (χ1n) is 9.69. The van der Waals surface area contributed by atoms with Crippen LogP contribution in [0.5, 0.6) is 0 Å². The van der Waals surface area contributed by atoms with E-state index in [4.69, 9.17) is 4.43 Å². The maximum atomic E-state index is 10.5. The van der Waals surface area contributed by atoms with E-state index in [1.165, 1.54) is 10.4 Å². The van der Waals surface area contributed by atoms with Crippen LogP contribution in [-0.2, 0) is 4.43 Å². The Morgan fingerprint density at radius 1 is 0.852 bits per heavy atom. The predicted molar refractivity (Wildman–Crippen MR) is 115 cm³/mol. The molecule has 4 heteroatoms. The minimum Gasteiger partial charge on any atom is -0.407 e. The Morgan fingerprint density at radius 2 is 1.30 bits per heavy atom. The molecule has 0 amide bonds. The molecule has 2 aromatic carbocycles. The molecule has 2 rings (SSSR count). The van der Waals surface area contributed by atoms with E-state index >= 15 is 0 Å². The van der Waals surface area contributed by atoms with E-state index < -0.39 is 19.8 Å². The lowest BCUT2D eigenvalue weighted by Crippen LogP contribution is -2.67. The van der Waals surface area contributed by atoms with Crippen molar-refractivity contribution in [3.8, 4) is 0 Å². The molecule has 3 nitrogen and oxygen atoms in total. The van der Waals surface area contributed by atoms with Crippen LogP contribution < -0.4 is 10.4 Å². The zero-order chi connectivity index (χ0) is 20.1. The van der Waals surface area contributed by atoms with E-state index in [1.807, 2.05) is 26.0 Å². The highest BCUT2D eigenvalue weighted by Gasteiger charge is 2.51. The third-order valence-corrected chi connectivity index (χ3v) is 10.4. The molecular formula is C23H34O3Si. The van der Waals surface area contributed by atoms with Gasteiger partial charge in [0.05, 0.1) is 6.10 Å². The van der Waals surface area contributed by atoms with Gasteiger partial charge in [-0.3, -0.25) is 0 Å². The van der Waals surface area contributed by atoms with Crippen LogP contribution in [0.15, 0.2) is 60.7 Å². The highest BCUT2D eigenvalue weighted by Crippen LogP contribution is 2.38. The molecule has 0 radical (unpaired) electrons. The van der Waals surface area contributed by atoms with Gasteiger partial charge in [0.25, 0.3) is 8.32 Å². The Hall–Kier alpha value is -1.46. The lowest BCUT2D eigenvalue weighted by atomic mass is 9.86. The molecule has 0 heterocycles. The highest BCUT2D eigenvalue weighted by molar-refractivity contribution is 6.99. The van der Waals surface area contributed by atoms with Crippen molar-refractivity contribution in [3.63, 3.8) is 0 Å². The van der Waals surface area contributed by atoms with Crippen molar-refractivity contribution in [2.45, 2.75) is 52.2 Å². The first kappa shape index (κ1) is 21.8. The van der Waals surface area contributed by atoms with Crippen molar-refractivity contribution in [2.75, 3.05) is 13.2 Å². The van der Waals surface area contributed by atoms with Crippen LogP contribution in [0, 0.1) is 5.41 Å². The molecule has 0 spiro atoms. The molecule has 1 atom stereocenters. The Bertz CT molecular complexity index is 653. The van der Waals surface area contributed by atoms with E-state index in [9.17, 15) is 10.2 Å². The van der Waals surface area contributed by atoms with E-state index in [2.05, 4.69) is 69.3 Å². The van der Waals surface area contributed by atoms with Crippen molar-refractivity contribution >= 4 is 18.7 Å². The van der Waals surface area contributed by atoms with Gasteiger partial charge < -0.3 is 14.6 Å². The van der Waals surface area contributed by atoms with Gasteiger partial charge in [-0.25, -0.2) is 0 Å². The summed E-state index contributed by atoms with van der Waals surface area (Å²) in [6.45, 7) is 11.2. The molecule has 0 saturated heterocycles. The van der Waals surface area contributed by atoms with Crippen LogP contribution in [0.25, 0.3) is 0 Å². The molecule has 0 aliphatic rings. The number of hydrogen-bond donors (Lipinski definition) is 2. The highest BCUT2D eigenvalue weighted by atomic mass is 28.4. The van der Waals surface area contributed by atoms with Crippen molar-refractivity contribution in [3.05, 3.63) is 60.7 Å². The summed E-state index contributed by atoms with van der Waals surface area (Å²) < 4.78 is 6.90. The van der Waals surface area contributed by atoms with Crippen LogP contribution in [0.2, 0.25) is 5.04 Å². The van der Waals surface area contributed by atoms with Gasteiger partial charge in [-0.1, -0.05) is 95.3 Å². The maximum Gasteiger partial charge on any atom is 0.261 e. The first-order chi connectivity index (χ1) is 12.6. The lowest BCUT2D eigenvalue weighted by Gasteiger charge is -2.45. The molecule has 27 heavy (non-hydrogen) atoms. The van der Waals surface area contributed by atoms with E-state index in [0.29, 0.717) is 13.0 Å². The number of rotatable bonds is 8. The Balaban J connectivity index is 2.53. The molecule has 0 aliphatic carbocycles. The number of benzene rings is 2. The zero-order valence-corrected chi connectivity index (χ0v) is 18.3.